The first kappa shape index (κ1) is 15.9. The maximum atomic E-state index is 12.3. The molecule has 110 valence electrons. The van der Waals surface area contributed by atoms with Crippen LogP contribution in [0.25, 0.3) is 0 Å². The Morgan fingerprint density at radius 2 is 1.81 bits per heavy atom. The van der Waals surface area contributed by atoms with Crippen molar-refractivity contribution in [1.82, 2.24) is 0 Å². The topological polar surface area (TPSA) is 29.1 Å². The van der Waals surface area contributed by atoms with Crippen LogP contribution in [0.3, 0.4) is 0 Å². The summed E-state index contributed by atoms with van der Waals surface area (Å²) in [6.45, 7) is 5.91. The van der Waals surface area contributed by atoms with E-state index in [-0.39, 0.29) is 11.2 Å². The maximum absolute atomic E-state index is 12.3. The Balaban J connectivity index is 2.02. The standard InChI is InChI=1S/C17H18ClNOS/c1-11-4-5-12(2)16(10-11)19-17(20)13(3)21-15-8-6-14(18)7-9-15/h4-10,13H,1-3H3,(H,19,20)/t13-/m0/s1. The van der Waals surface area contributed by atoms with Gasteiger partial charge in [-0.2, -0.15) is 0 Å². The third-order valence-electron chi connectivity index (χ3n) is 3.15. The molecule has 0 radical (unpaired) electrons. The molecule has 0 aliphatic heterocycles. The lowest BCUT2D eigenvalue weighted by molar-refractivity contribution is -0.115. The Hall–Kier alpha value is -1.45. The van der Waals surface area contributed by atoms with Crippen molar-refractivity contribution in [2.75, 3.05) is 5.32 Å². The molecular weight excluding hydrogens is 302 g/mol. The van der Waals surface area contributed by atoms with E-state index in [2.05, 4.69) is 5.32 Å². The van der Waals surface area contributed by atoms with Crippen LogP contribution in [-0.4, -0.2) is 11.2 Å². The van der Waals surface area contributed by atoms with Gasteiger partial charge >= 0.3 is 0 Å². The smallest absolute Gasteiger partial charge is 0.237 e. The van der Waals surface area contributed by atoms with Crippen LogP contribution in [0.4, 0.5) is 5.69 Å². The minimum atomic E-state index is -0.175. The van der Waals surface area contributed by atoms with Gasteiger partial charge in [0.25, 0.3) is 0 Å². The number of halogens is 1. The number of rotatable bonds is 4. The van der Waals surface area contributed by atoms with Crippen molar-refractivity contribution in [3.8, 4) is 0 Å². The van der Waals surface area contributed by atoms with Gasteiger partial charge in [-0.25, -0.2) is 0 Å². The molecule has 0 aliphatic carbocycles. The summed E-state index contributed by atoms with van der Waals surface area (Å²) in [6, 6.07) is 13.6. The zero-order chi connectivity index (χ0) is 15.4. The molecule has 2 nitrogen and oxygen atoms in total. The van der Waals surface area contributed by atoms with Crippen LogP contribution in [0.5, 0.6) is 0 Å². The Labute approximate surface area is 134 Å². The van der Waals surface area contributed by atoms with Gasteiger partial charge in [0, 0.05) is 15.6 Å². The lowest BCUT2D eigenvalue weighted by Gasteiger charge is -2.14. The highest BCUT2D eigenvalue weighted by Gasteiger charge is 2.15. The quantitative estimate of drug-likeness (QED) is 0.796. The van der Waals surface area contributed by atoms with Gasteiger partial charge in [-0.05, 0) is 62.2 Å². The Kier molecular flexibility index (Phi) is 5.32. The van der Waals surface area contributed by atoms with Crippen LogP contribution in [0, 0.1) is 13.8 Å². The van der Waals surface area contributed by atoms with Gasteiger partial charge in [0.2, 0.25) is 5.91 Å². The van der Waals surface area contributed by atoms with Crippen molar-refractivity contribution in [3.63, 3.8) is 0 Å². The van der Waals surface area contributed by atoms with E-state index >= 15 is 0 Å². The minimum Gasteiger partial charge on any atom is -0.325 e. The number of carbonyl (C=O) groups is 1. The highest BCUT2D eigenvalue weighted by atomic mass is 35.5. The molecule has 2 aromatic rings. The summed E-state index contributed by atoms with van der Waals surface area (Å²) in [6.07, 6.45) is 0. The average molecular weight is 320 g/mol. The summed E-state index contributed by atoms with van der Waals surface area (Å²) in [7, 11) is 0. The maximum Gasteiger partial charge on any atom is 0.237 e. The summed E-state index contributed by atoms with van der Waals surface area (Å²) >= 11 is 7.38. The molecule has 0 unspecified atom stereocenters. The van der Waals surface area contributed by atoms with E-state index in [9.17, 15) is 4.79 Å². The normalized spacial score (nSPS) is 12.0. The molecule has 0 spiro atoms. The molecule has 1 amide bonds. The lowest BCUT2D eigenvalue weighted by Crippen LogP contribution is -2.22. The number of anilines is 1. The van der Waals surface area contributed by atoms with E-state index in [4.69, 9.17) is 11.6 Å². The SMILES string of the molecule is Cc1ccc(C)c(NC(=O)[C@H](C)Sc2ccc(Cl)cc2)c1. The van der Waals surface area contributed by atoms with Crippen molar-refractivity contribution in [3.05, 3.63) is 58.6 Å². The van der Waals surface area contributed by atoms with E-state index < -0.39 is 0 Å². The lowest BCUT2D eigenvalue weighted by atomic mass is 10.1. The van der Waals surface area contributed by atoms with Gasteiger partial charge in [0.05, 0.1) is 5.25 Å². The van der Waals surface area contributed by atoms with E-state index in [1.807, 2.05) is 63.2 Å². The first-order valence-corrected chi connectivity index (χ1v) is 8.02. The Bertz CT molecular complexity index is 640. The number of hydrogen-bond acceptors (Lipinski definition) is 2. The molecule has 4 heteroatoms. The van der Waals surface area contributed by atoms with Gasteiger partial charge < -0.3 is 5.32 Å². The molecule has 0 saturated heterocycles. The van der Waals surface area contributed by atoms with Gasteiger partial charge in [-0.15, -0.1) is 11.8 Å². The molecule has 0 bridgehead atoms. The van der Waals surface area contributed by atoms with Gasteiger partial charge in [-0.1, -0.05) is 23.7 Å². The fourth-order valence-corrected chi connectivity index (χ4v) is 2.87. The first-order valence-electron chi connectivity index (χ1n) is 6.76. The molecular formula is C17H18ClNOS. The first-order chi connectivity index (χ1) is 9.95. The molecule has 0 aromatic heterocycles. The zero-order valence-electron chi connectivity index (χ0n) is 12.3. The second-order valence-corrected chi connectivity index (χ2v) is 6.87. The Morgan fingerprint density at radius 3 is 2.48 bits per heavy atom. The van der Waals surface area contributed by atoms with Crippen molar-refractivity contribution in [2.24, 2.45) is 0 Å². The van der Waals surface area contributed by atoms with E-state index in [1.54, 1.807) is 0 Å². The number of thioether (sulfide) groups is 1. The number of amides is 1. The molecule has 0 heterocycles. The summed E-state index contributed by atoms with van der Waals surface area (Å²) in [5, 5.41) is 3.52. The van der Waals surface area contributed by atoms with E-state index in [1.165, 1.54) is 11.8 Å². The third kappa shape index (κ3) is 4.51. The van der Waals surface area contributed by atoms with Crippen LogP contribution in [0.2, 0.25) is 5.02 Å². The second-order valence-electron chi connectivity index (χ2n) is 5.02. The zero-order valence-corrected chi connectivity index (χ0v) is 13.9. The molecule has 1 N–H and O–H groups in total. The molecule has 0 saturated carbocycles. The minimum absolute atomic E-state index is 0.00338. The fourth-order valence-electron chi connectivity index (χ4n) is 1.88. The fraction of sp³-hybridized carbons (Fsp3) is 0.235. The van der Waals surface area contributed by atoms with Gasteiger partial charge in [0.15, 0.2) is 0 Å². The number of aryl methyl sites for hydroxylation is 2. The Morgan fingerprint density at radius 1 is 1.14 bits per heavy atom. The molecule has 2 aromatic carbocycles. The number of nitrogens with one attached hydrogen (secondary N) is 1. The van der Waals surface area contributed by atoms with Crippen molar-refractivity contribution in [1.29, 1.82) is 0 Å². The summed E-state index contributed by atoms with van der Waals surface area (Å²) in [4.78, 5) is 13.3. The summed E-state index contributed by atoms with van der Waals surface area (Å²) < 4.78 is 0. The third-order valence-corrected chi connectivity index (χ3v) is 4.51. The molecule has 0 fully saturated rings. The highest BCUT2D eigenvalue weighted by Crippen LogP contribution is 2.26. The van der Waals surface area contributed by atoms with Gasteiger partial charge in [-0.3, -0.25) is 4.79 Å². The van der Waals surface area contributed by atoms with Crippen LogP contribution in [0.15, 0.2) is 47.4 Å². The molecule has 1 atom stereocenters. The summed E-state index contributed by atoms with van der Waals surface area (Å²) in [5.74, 6) is 0.00338. The van der Waals surface area contributed by atoms with Crippen LogP contribution < -0.4 is 5.32 Å². The number of benzene rings is 2. The monoisotopic (exact) mass is 319 g/mol. The number of hydrogen-bond donors (Lipinski definition) is 1. The largest absolute Gasteiger partial charge is 0.325 e. The predicted octanol–water partition coefficient (Wildman–Crippen LogP) is 5.08. The molecule has 0 aliphatic rings. The second kappa shape index (κ2) is 7.01. The van der Waals surface area contributed by atoms with Crippen LogP contribution >= 0.6 is 23.4 Å². The number of carbonyl (C=O) groups excluding carboxylic acids is 1. The van der Waals surface area contributed by atoms with Crippen LogP contribution in [0.1, 0.15) is 18.1 Å². The average Bonchev–Trinajstić information content (AvgIpc) is 2.45. The van der Waals surface area contributed by atoms with E-state index in [0.29, 0.717) is 5.02 Å². The predicted molar refractivity (Wildman–Crippen MR) is 91.3 cm³/mol. The molecule has 21 heavy (non-hydrogen) atoms. The summed E-state index contributed by atoms with van der Waals surface area (Å²) in [5.41, 5.74) is 3.08. The van der Waals surface area contributed by atoms with Crippen molar-refractivity contribution in [2.45, 2.75) is 30.9 Å². The van der Waals surface area contributed by atoms with E-state index in [0.717, 1.165) is 21.7 Å². The van der Waals surface area contributed by atoms with Crippen molar-refractivity contribution < 1.29 is 4.79 Å². The molecule has 2 rings (SSSR count). The van der Waals surface area contributed by atoms with Gasteiger partial charge in [0.1, 0.15) is 0 Å². The highest BCUT2D eigenvalue weighted by molar-refractivity contribution is 8.00. The van der Waals surface area contributed by atoms with Crippen molar-refractivity contribution >= 4 is 35.0 Å². The van der Waals surface area contributed by atoms with Crippen LogP contribution in [-0.2, 0) is 4.79 Å².